The molecular formula is C12H22N4O2S2. The van der Waals surface area contributed by atoms with Crippen LogP contribution in [0.1, 0.15) is 26.3 Å². The number of nitrogens with zero attached hydrogens (tertiary/aromatic N) is 2. The second kappa shape index (κ2) is 6.05. The smallest absolute Gasteiger partial charge is 0.260 e. The van der Waals surface area contributed by atoms with Gasteiger partial charge in [0.1, 0.15) is 0 Å². The molecule has 8 heteroatoms. The fraction of sp³-hybridized carbons (Fsp3) is 0.750. The molecule has 2 heterocycles. The van der Waals surface area contributed by atoms with E-state index in [2.05, 4.69) is 29.4 Å². The molecule has 0 bridgehead atoms. The Kier molecular flexibility index (Phi) is 4.78. The number of aromatic nitrogens is 2. The number of H-pyrrole nitrogens is 1. The van der Waals surface area contributed by atoms with Crippen molar-refractivity contribution in [2.45, 2.75) is 37.1 Å². The van der Waals surface area contributed by atoms with Crippen molar-refractivity contribution in [3.8, 4) is 0 Å². The fourth-order valence-electron chi connectivity index (χ4n) is 2.22. The van der Waals surface area contributed by atoms with Crippen LogP contribution in [0, 0.1) is 0 Å². The van der Waals surface area contributed by atoms with Gasteiger partial charge in [-0.3, -0.25) is 5.10 Å². The van der Waals surface area contributed by atoms with E-state index < -0.39 is 10.0 Å². The molecule has 1 aliphatic rings. The van der Waals surface area contributed by atoms with Crippen molar-refractivity contribution in [2.24, 2.45) is 0 Å². The summed E-state index contributed by atoms with van der Waals surface area (Å²) in [5.74, 6) is 0.822. The molecule has 2 rings (SSSR count). The van der Waals surface area contributed by atoms with Crippen molar-refractivity contribution < 1.29 is 8.42 Å². The average molecular weight is 318 g/mol. The molecule has 0 amide bonds. The van der Waals surface area contributed by atoms with Crippen LogP contribution >= 0.6 is 11.8 Å². The third-order valence-electron chi connectivity index (χ3n) is 3.23. The number of hydrogen-bond acceptors (Lipinski definition) is 5. The standard InChI is InChI=1S/C12H22N4O2S2/c1-4-13-7-10-8-14-15-11(10)20(17,18)16-5-6-19-12(2,3)9-16/h8,13H,4-7,9H2,1-3H3,(H,14,15). The number of thioether (sulfide) groups is 1. The maximum absolute atomic E-state index is 12.7. The average Bonchev–Trinajstić information content (AvgIpc) is 2.84. The van der Waals surface area contributed by atoms with Crippen LogP contribution in [0.25, 0.3) is 0 Å². The second-order valence-electron chi connectivity index (χ2n) is 5.45. The summed E-state index contributed by atoms with van der Waals surface area (Å²) >= 11 is 1.81. The molecular weight excluding hydrogens is 296 g/mol. The molecule has 1 fully saturated rings. The second-order valence-corrected chi connectivity index (χ2v) is 9.13. The largest absolute Gasteiger partial charge is 0.313 e. The van der Waals surface area contributed by atoms with Gasteiger partial charge in [-0.15, -0.1) is 0 Å². The molecule has 0 unspecified atom stereocenters. The van der Waals surface area contributed by atoms with Crippen LogP contribution in [0.4, 0.5) is 0 Å². The Morgan fingerprint density at radius 2 is 2.30 bits per heavy atom. The lowest BCUT2D eigenvalue weighted by Gasteiger charge is -2.36. The van der Waals surface area contributed by atoms with Gasteiger partial charge in [-0.05, 0) is 20.4 Å². The Bertz CT molecular complexity index is 554. The maximum Gasteiger partial charge on any atom is 0.260 e. The van der Waals surface area contributed by atoms with E-state index in [0.717, 1.165) is 12.3 Å². The quantitative estimate of drug-likeness (QED) is 0.848. The molecule has 0 radical (unpaired) electrons. The lowest BCUT2D eigenvalue weighted by Crippen LogP contribution is -2.46. The summed E-state index contributed by atoms with van der Waals surface area (Å²) in [7, 11) is -3.49. The Balaban J connectivity index is 2.24. The lowest BCUT2D eigenvalue weighted by atomic mass is 10.2. The molecule has 1 aromatic rings. The summed E-state index contributed by atoms with van der Waals surface area (Å²) in [5, 5.41) is 9.91. The summed E-state index contributed by atoms with van der Waals surface area (Å²) in [6, 6.07) is 0. The van der Waals surface area contributed by atoms with Gasteiger partial charge in [0.05, 0.1) is 6.20 Å². The van der Waals surface area contributed by atoms with Gasteiger partial charge in [0.2, 0.25) is 0 Å². The lowest BCUT2D eigenvalue weighted by molar-refractivity contribution is 0.385. The molecule has 0 saturated carbocycles. The van der Waals surface area contributed by atoms with Gasteiger partial charge in [0, 0.05) is 35.7 Å². The van der Waals surface area contributed by atoms with Gasteiger partial charge in [-0.1, -0.05) is 6.92 Å². The molecule has 0 spiro atoms. The SMILES string of the molecule is CCNCc1cn[nH]c1S(=O)(=O)N1CCSC(C)(C)C1. The molecule has 2 N–H and O–H groups in total. The maximum atomic E-state index is 12.7. The molecule has 0 aliphatic carbocycles. The molecule has 1 aromatic heterocycles. The molecule has 0 atom stereocenters. The van der Waals surface area contributed by atoms with Crippen molar-refractivity contribution >= 4 is 21.8 Å². The minimum absolute atomic E-state index is 0.0484. The van der Waals surface area contributed by atoms with E-state index in [1.807, 2.05) is 18.7 Å². The van der Waals surface area contributed by atoms with Gasteiger partial charge in [0.25, 0.3) is 10.0 Å². The molecule has 0 aromatic carbocycles. The number of sulfonamides is 1. The summed E-state index contributed by atoms with van der Waals surface area (Å²) in [5.41, 5.74) is 0.697. The van der Waals surface area contributed by atoms with Gasteiger partial charge >= 0.3 is 0 Å². The van der Waals surface area contributed by atoms with Crippen molar-refractivity contribution in [3.63, 3.8) is 0 Å². The van der Waals surface area contributed by atoms with E-state index in [0.29, 0.717) is 25.2 Å². The first kappa shape index (κ1) is 15.8. The summed E-state index contributed by atoms with van der Waals surface area (Å²) in [6.45, 7) is 8.51. The van der Waals surface area contributed by atoms with Crippen LogP contribution in [0.15, 0.2) is 11.2 Å². The van der Waals surface area contributed by atoms with E-state index in [9.17, 15) is 8.42 Å². The monoisotopic (exact) mass is 318 g/mol. The van der Waals surface area contributed by atoms with Crippen LogP contribution in [0.2, 0.25) is 0 Å². The highest BCUT2D eigenvalue weighted by Crippen LogP contribution is 2.32. The van der Waals surface area contributed by atoms with Crippen molar-refractivity contribution in [1.29, 1.82) is 0 Å². The Morgan fingerprint density at radius 1 is 1.55 bits per heavy atom. The van der Waals surface area contributed by atoms with Crippen molar-refractivity contribution in [1.82, 2.24) is 19.8 Å². The van der Waals surface area contributed by atoms with Crippen LogP contribution in [0.5, 0.6) is 0 Å². The number of hydrogen-bond donors (Lipinski definition) is 2. The van der Waals surface area contributed by atoms with Gasteiger partial charge < -0.3 is 5.32 Å². The fourth-order valence-corrected chi connectivity index (χ4v) is 5.23. The first-order valence-electron chi connectivity index (χ1n) is 6.74. The van der Waals surface area contributed by atoms with Gasteiger partial charge in [0.15, 0.2) is 5.03 Å². The molecule has 20 heavy (non-hydrogen) atoms. The van der Waals surface area contributed by atoms with Crippen molar-refractivity contribution in [3.05, 3.63) is 11.8 Å². The normalized spacial score (nSPS) is 20.1. The zero-order valence-electron chi connectivity index (χ0n) is 12.1. The first-order chi connectivity index (χ1) is 9.37. The minimum atomic E-state index is -3.49. The Labute approximate surface area is 124 Å². The Morgan fingerprint density at radius 3 is 2.95 bits per heavy atom. The third-order valence-corrected chi connectivity index (χ3v) is 6.39. The van der Waals surface area contributed by atoms with Crippen LogP contribution < -0.4 is 5.32 Å². The van der Waals surface area contributed by atoms with E-state index >= 15 is 0 Å². The van der Waals surface area contributed by atoms with Crippen LogP contribution in [-0.4, -0.2) is 53.1 Å². The number of rotatable bonds is 5. The molecule has 1 saturated heterocycles. The van der Waals surface area contributed by atoms with E-state index in [4.69, 9.17) is 0 Å². The molecule has 114 valence electrons. The minimum Gasteiger partial charge on any atom is -0.313 e. The predicted molar refractivity (Wildman–Crippen MR) is 81.3 cm³/mol. The molecule has 6 nitrogen and oxygen atoms in total. The van der Waals surface area contributed by atoms with Crippen LogP contribution in [-0.2, 0) is 16.6 Å². The third kappa shape index (κ3) is 3.36. The van der Waals surface area contributed by atoms with E-state index in [-0.39, 0.29) is 9.77 Å². The highest BCUT2D eigenvalue weighted by Gasteiger charge is 2.36. The topological polar surface area (TPSA) is 78.1 Å². The van der Waals surface area contributed by atoms with Gasteiger partial charge in [-0.2, -0.15) is 21.2 Å². The number of aromatic amines is 1. The summed E-state index contributed by atoms with van der Waals surface area (Å²) < 4.78 is 27.0. The van der Waals surface area contributed by atoms with E-state index in [1.165, 1.54) is 0 Å². The highest BCUT2D eigenvalue weighted by molar-refractivity contribution is 8.00. The highest BCUT2D eigenvalue weighted by atomic mass is 32.2. The Hall–Kier alpha value is -0.570. The summed E-state index contributed by atoms with van der Waals surface area (Å²) in [4.78, 5) is 0. The first-order valence-corrected chi connectivity index (χ1v) is 9.16. The molecule has 1 aliphatic heterocycles. The van der Waals surface area contributed by atoms with E-state index in [1.54, 1.807) is 10.5 Å². The van der Waals surface area contributed by atoms with Crippen molar-refractivity contribution in [2.75, 3.05) is 25.4 Å². The number of nitrogens with one attached hydrogen (secondary N) is 2. The summed E-state index contributed by atoms with van der Waals surface area (Å²) in [6.07, 6.45) is 1.58. The van der Waals surface area contributed by atoms with Gasteiger partial charge in [-0.25, -0.2) is 8.42 Å². The zero-order valence-corrected chi connectivity index (χ0v) is 13.8. The van der Waals surface area contributed by atoms with Crippen LogP contribution in [0.3, 0.4) is 0 Å². The zero-order chi connectivity index (χ0) is 14.8. The predicted octanol–water partition coefficient (Wildman–Crippen LogP) is 1.04.